The Morgan fingerprint density at radius 1 is 1.06 bits per heavy atom. The zero-order valence-corrected chi connectivity index (χ0v) is 12.0. The van der Waals surface area contributed by atoms with E-state index in [0.717, 1.165) is 38.2 Å². The summed E-state index contributed by atoms with van der Waals surface area (Å²) in [5.74, 6) is 7.14. The molecule has 0 aromatic carbocycles. The van der Waals surface area contributed by atoms with E-state index in [1.165, 1.54) is 32.1 Å². The van der Waals surface area contributed by atoms with Crippen molar-refractivity contribution >= 4 is 11.6 Å². The quantitative estimate of drug-likeness (QED) is 0.376. The third-order valence-corrected chi connectivity index (χ3v) is 3.25. The Morgan fingerprint density at radius 3 is 2.67 bits per heavy atom. The van der Waals surface area contributed by atoms with Crippen molar-refractivity contribution in [2.75, 3.05) is 19.1 Å². The summed E-state index contributed by atoms with van der Waals surface area (Å²) in [5, 5.41) is 0. The van der Waals surface area contributed by atoms with Crippen LogP contribution in [0.4, 0.5) is 0 Å². The highest BCUT2D eigenvalue weighted by Gasteiger charge is 2.12. The lowest BCUT2D eigenvalue weighted by Crippen LogP contribution is -2.22. The van der Waals surface area contributed by atoms with Crippen molar-refractivity contribution in [3.63, 3.8) is 0 Å². The molecule has 0 amide bonds. The van der Waals surface area contributed by atoms with Gasteiger partial charge < -0.3 is 9.47 Å². The third kappa shape index (κ3) is 8.80. The van der Waals surface area contributed by atoms with Gasteiger partial charge in [0.15, 0.2) is 6.29 Å². The van der Waals surface area contributed by atoms with Gasteiger partial charge in [0.05, 0.1) is 6.61 Å². The molecule has 1 rings (SSSR count). The molecule has 0 N–H and O–H groups in total. The van der Waals surface area contributed by atoms with E-state index in [4.69, 9.17) is 21.1 Å². The molecule has 1 heterocycles. The van der Waals surface area contributed by atoms with E-state index in [1.807, 2.05) is 0 Å². The minimum Gasteiger partial charge on any atom is -0.353 e. The zero-order valence-electron chi connectivity index (χ0n) is 11.3. The van der Waals surface area contributed by atoms with Crippen molar-refractivity contribution in [3.05, 3.63) is 0 Å². The van der Waals surface area contributed by atoms with Gasteiger partial charge in [0.2, 0.25) is 0 Å². The predicted molar refractivity (Wildman–Crippen MR) is 75.7 cm³/mol. The van der Waals surface area contributed by atoms with E-state index >= 15 is 0 Å². The summed E-state index contributed by atoms with van der Waals surface area (Å²) in [6.45, 7) is 1.54. The van der Waals surface area contributed by atoms with Crippen LogP contribution in [0.15, 0.2) is 0 Å². The first kappa shape index (κ1) is 15.8. The van der Waals surface area contributed by atoms with Gasteiger partial charge in [0, 0.05) is 25.3 Å². The van der Waals surface area contributed by atoms with Crippen LogP contribution in [0.1, 0.15) is 57.8 Å². The van der Waals surface area contributed by atoms with Crippen LogP contribution >= 0.6 is 11.6 Å². The second-order valence-corrected chi connectivity index (χ2v) is 5.00. The highest BCUT2D eigenvalue weighted by Crippen LogP contribution is 2.13. The molecule has 1 saturated heterocycles. The Bertz CT molecular complexity index is 239. The van der Waals surface area contributed by atoms with Crippen LogP contribution < -0.4 is 0 Å². The summed E-state index contributed by atoms with van der Waals surface area (Å²) in [6.07, 6.45) is 10.1. The molecule has 1 aliphatic heterocycles. The molecule has 18 heavy (non-hydrogen) atoms. The Balaban J connectivity index is 1.85. The lowest BCUT2D eigenvalue weighted by Gasteiger charge is -2.22. The SMILES string of the molecule is ClCCCCCCC#CCCO[C@@H]1CCCCO1. The van der Waals surface area contributed by atoms with Crippen molar-refractivity contribution in [1.29, 1.82) is 0 Å². The van der Waals surface area contributed by atoms with E-state index in [-0.39, 0.29) is 6.29 Å². The number of hydrogen-bond acceptors (Lipinski definition) is 2. The summed E-state index contributed by atoms with van der Waals surface area (Å²) in [4.78, 5) is 0. The van der Waals surface area contributed by atoms with Gasteiger partial charge in [0.25, 0.3) is 0 Å². The molecule has 0 saturated carbocycles. The highest BCUT2D eigenvalue weighted by molar-refractivity contribution is 6.17. The van der Waals surface area contributed by atoms with Crippen LogP contribution in [-0.4, -0.2) is 25.4 Å². The second kappa shape index (κ2) is 11.8. The van der Waals surface area contributed by atoms with Gasteiger partial charge in [-0.3, -0.25) is 0 Å². The summed E-state index contributed by atoms with van der Waals surface area (Å²) in [5.41, 5.74) is 0. The van der Waals surface area contributed by atoms with E-state index in [2.05, 4.69) is 11.8 Å². The first-order chi connectivity index (χ1) is 8.93. The molecule has 0 bridgehead atoms. The lowest BCUT2D eigenvalue weighted by molar-refractivity contribution is -0.161. The Kier molecular flexibility index (Phi) is 10.4. The molecule has 3 heteroatoms. The van der Waals surface area contributed by atoms with Gasteiger partial charge in [-0.1, -0.05) is 12.8 Å². The number of hydrogen-bond donors (Lipinski definition) is 0. The Labute approximate surface area is 116 Å². The van der Waals surface area contributed by atoms with E-state index in [9.17, 15) is 0 Å². The predicted octanol–water partition coefficient (Wildman–Crippen LogP) is 4.11. The fraction of sp³-hybridized carbons (Fsp3) is 0.867. The average molecular weight is 273 g/mol. The van der Waals surface area contributed by atoms with Gasteiger partial charge in [-0.25, -0.2) is 0 Å². The van der Waals surface area contributed by atoms with Crippen LogP contribution in [0.2, 0.25) is 0 Å². The number of ether oxygens (including phenoxy) is 2. The van der Waals surface area contributed by atoms with Crippen molar-refractivity contribution in [3.8, 4) is 11.8 Å². The summed E-state index contributed by atoms with van der Waals surface area (Å²) in [6, 6.07) is 0. The second-order valence-electron chi connectivity index (χ2n) is 4.62. The first-order valence-corrected chi connectivity index (χ1v) is 7.72. The van der Waals surface area contributed by atoms with Crippen molar-refractivity contribution < 1.29 is 9.47 Å². The molecule has 0 radical (unpaired) electrons. The van der Waals surface area contributed by atoms with Crippen LogP contribution in [-0.2, 0) is 9.47 Å². The smallest absolute Gasteiger partial charge is 0.157 e. The first-order valence-electron chi connectivity index (χ1n) is 7.18. The number of halogens is 1. The number of alkyl halides is 1. The van der Waals surface area contributed by atoms with Crippen molar-refractivity contribution in [1.82, 2.24) is 0 Å². The zero-order chi connectivity index (χ0) is 12.9. The van der Waals surface area contributed by atoms with Gasteiger partial charge in [-0.05, 0) is 32.1 Å². The number of rotatable bonds is 8. The fourth-order valence-electron chi connectivity index (χ4n) is 1.92. The Morgan fingerprint density at radius 2 is 1.89 bits per heavy atom. The minimum atomic E-state index is 0.0242. The monoisotopic (exact) mass is 272 g/mol. The maximum atomic E-state index is 5.61. The van der Waals surface area contributed by atoms with Crippen molar-refractivity contribution in [2.45, 2.75) is 64.1 Å². The molecule has 0 aromatic heterocycles. The topological polar surface area (TPSA) is 18.5 Å². The van der Waals surface area contributed by atoms with Crippen LogP contribution in [0, 0.1) is 11.8 Å². The van der Waals surface area contributed by atoms with Gasteiger partial charge >= 0.3 is 0 Å². The Hall–Kier alpha value is -0.230. The molecule has 2 nitrogen and oxygen atoms in total. The van der Waals surface area contributed by atoms with Crippen LogP contribution in [0.5, 0.6) is 0 Å². The standard InChI is InChI=1S/C15H25ClO2/c16-12-8-5-3-1-2-4-6-9-13-17-15-11-7-10-14-18-15/h15H,1-3,5,7-14H2/t15-/m0/s1. The van der Waals surface area contributed by atoms with E-state index < -0.39 is 0 Å². The highest BCUT2D eigenvalue weighted by atomic mass is 35.5. The molecule has 104 valence electrons. The van der Waals surface area contributed by atoms with Gasteiger partial charge in [0.1, 0.15) is 0 Å². The molecule has 0 aromatic rings. The molecular weight excluding hydrogens is 248 g/mol. The molecule has 1 aliphatic rings. The summed E-state index contributed by atoms with van der Waals surface area (Å²) in [7, 11) is 0. The van der Waals surface area contributed by atoms with Gasteiger partial charge in [-0.2, -0.15) is 0 Å². The molecule has 0 spiro atoms. The van der Waals surface area contributed by atoms with E-state index in [1.54, 1.807) is 0 Å². The molecular formula is C15H25ClO2. The molecule has 0 unspecified atom stereocenters. The van der Waals surface area contributed by atoms with Crippen LogP contribution in [0.3, 0.4) is 0 Å². The summed E-state index contributed by atoms with van der Waals surface area (Å²) >= 11 is 5.61. The summed E-state index contributed by atoms with van der Waals surface area (Å²) < 4.78 is 11.1. The molecule has 0 aliphatic carbocycles. The largest absolute Gasteiger partial charge is 0.353 e. The maximum absolute atomic E-state index is 5.61. The number of unbranched alkanes of at least 4 members (excludes halogenated alkanes) is 4. The normalized spacial score (nSPS) is 19.3. The third-order valence-electron chi connectivity index (χ3n) is 2.98. The molecule has 1 fully saturated rings. The molecule has 1 atom stereocenters. The van der Waals surface area contributed by atoms with Crippen LogP contribution in [0.25, 0.3) is 0 Å². The minimum absolute atomic E-state index is 0.0242. The van der Waals surface area contributed by atoms with E-state index in [0.29, 0.717) is 6.61 Å². The van der Waals surface area contributed by atoms with Crippen molar-refractivity contribution in [2.24, 2.45) is 0 Å². The lowest BCUT2D eigenvalue weighted by atomic mass is 10.1. The fourth-order valence-corrected chi connectivity index (χ4v) is 2.11. The van der Waals surface area contributed by atoms with Gasteiger partial charge in [-0.15, -0.1) is 23.4 Å². The average Bonchev–Trinajstić information content (AvgIpc) is 2.42. The maximum Gasteiger partial charge on any atom is 0.157 e.